The van der Waals surface area contributed by atoms with Gasteiger partial charge >= 0.3 is 0 Å². The average Bonchev–Trinajstić information content (AvgIpc) is 2.67. The highest BCUT2D eigenvalue weighted by Gasteiger charge is 2.17. The lowest BCUT2D eigenvalue weighted by Gasteiger charge is -2.29. The molecule has 0 spiro atoms. The van der Waals surface area contributed by atoms with Crippen LogP contribution in [-0.2, 0) is 19.5 Å². The van der Waals surface area contributed by atoms with E-state index in [0.29, 0.717) is 0 Å². The van der Waals surface area contributed by atoms with Gasteiger partial charge in [-0.15, -0.1) is 0 Å². The molecule has 0 amide bonds. The lowest BCUT2D eigenvalue weighted by molar-refractivity contribution is 0.719. The third kappa shape index (κ3) is 3.20. The fourth-order valence-electron chi connectivity index (χ4n) is 3.00. The summed E-state index contributed by atoms with van der Waals surface area (Å²) in [6.45, 7) is 2.61. The summed E-state index contributed by atoms with van der Waals surface area (Å²) in [6.07, 6.45) is 6.28. The van der Waals surface area contributed by atoms with Crippen molar-refractivity contribution in [1.29, 1.82) is 0 Å². The molecule has 0 bridgehead atoms. The molecule has 4 rings (SSSR count). The summed E-state index contributed by atoms with van der Waals surface area (Å²) in [4.78, 5) is 15.1. The van der Waals surface area contributed by atoms with E-state index in [1.165, 1.54) is 16.7 Å². The van der Waals surface area contributed by atoms with Crippen molar-refractivity contribution in [2.45, 2.75) is 19.5 Å². The fourth-order valence-corrected chi connectivity index (χ4v) is 3.00. The summed E-state index contributed by atoms with van der Waals surface area (Å²) in [7, 11) is 0. The Morgan fingerprint density at radius 1 is 1.00 bits per heavy atom. The largest absolute Gasteiger partial charge is 0.366 e. The van der Waals surface area contributed by atoms with Gasteiger partial charge in [0.1, 0.15) is 18.0 Å². The molecule has 0 aliphatic carbocycles. The van der Waals surface area contributed by atoms with Crippen LogP contribution in [0.25, 0.3) is 0 Å². The first-order valence-corrected chi connectivity index (χ1v) is 8.15. The Bertz CT molecular complexity index is 819. The molecule has 1 N–H and O–H groups in total. The van der Waals surface area contributed by atoms with Crippen LogP contribution >= 0.6 is 0 Å². The van der Waals surface area contributed by atoms with Crippen molar-refractivity contribution in [3.8, 4) is 0 Å². The smallest absolute Gasteiger partial charge is 0.134 e. The van der Waals surface area contributed by atoms with Crippen molar-refractivity contribution < 1.29 is 0 Å². The Balaban J connectivity index is 1.47. The second-order valence-corrected chi connectivity index (χ2v) is 5.91. The van der Waals surface area contributed by atoms with Gasteiger partial charge in [0.2, 0.25) is 0 Å². The molecule has 1 aliphatic heterocycles. The van der Waals surface area contributed by atoms with Crippen molar-refractivity contribution in [2.75, 3.05) is 16.8 Å². The molecular weight excluding hydrogens is 298 g/mol. The minimum atomic E-state index is 0.724. The van der Waals surface area contributed by atoms with Crippen LogP contribution in [0.1, 0.15) is 16.7 Å². The zero-order chi connectivity index (χ0) is 16.2. The summed E-state index contributed by atoms with van der Waals surface area (Å²) < 4.78 is 0. The Kier molecular flexibility index (Phi) is 4.06. The SMILES string of the molecule is c1ccc2c(c1)CCN(c1cc(NCc3ccncc3)ncn1)C2. The standard InChI is InChI=1S/C19H19N5/c1-2-4-17-13-24(10-7-16(17)3-1)19-11-18(22-14-23-19)21-12-15-5-8-20-9-6-15/h1-6,8-9,11,14H,7,10,12-13H2,(H,21,22,23). The van der Waals surface area contributed by atoms with E-state index in [-0.39, 0.29) is 0 Å². The van der Waals surface area contributed by atoms with Crippen molar-refractivity contribution in [1.82, 2.24) is 15.0 Å². The van der Waals surface area contributed by atoms with E-state index in [4.69, 9.17) is 0 Å². The molecule has 3 heterocycles. The molecule has 2 aromatic heterocycles. The molecule has 1 aliphatic rings. The first-order chi connectivity index (χ1) is 11.9. The molecule has 5 nitrogen and oxygen atoms in total. The molecule has 5 heteroatoms. The molecule has 24 heavy (non-hydrogen) atoms. The van der Waals surface area contributed by atoms with E-state index in [0.717, 1.165) is 37.7 Å². The third-order valence-electron chi connectivity index (χ3n) is 4.33. The molecule has 1 aromatic carbocycles. The first kappa shape index (κ1) is 14.6. The fraction of sp³-hybridized carbons (Fsp3) is 0.211. The number of rotatable bonds is 4. The van der Waals surface area contributed by atoms with Gasteiger partial charge in [0.05, 0.1) is 0 Å². The molecule has 0 radical (unpaired) electrons. The van der Waals surface area contributed by atoms with Gasteiger partial charge in [0.15, 0.2) is 0 Å². The van der Waals surface area contributed by atoms with Gasteiger partial charge in [0, 0.05) is 38.1 Å². The second kappa shape index (κ2) is 6.66. The van der Waals surface area contributed by atoms with Gasteiger partial charge in [-0.3, -0.25) is 4.98 Å². The monoisotopic (exact) mass is 317 g/mol. The number of aromatic nitrogens is 3. The minimum Gasteiger partial charge on any atom is -0.366 e. The van der Waals surface area contributed by atoms with Crippen molar-refractivity contribution in [2.24, 2.45) is 0 Å². The zero-order valence-electron chi connectivity index (χ0n) is 13.4. The van der Waals surface area contributed by atoms with E-state index >= 15 is 0 Å². The highest BCUT2D eigenvalue weighted by Crippen LogP contribution is 2.23. The second-order valence-electron chi connectivity index (χ2n) is 5.91. The summed E-state index contributed by atoms with van der Waals surface area (Å²) >= 11 is 0. The van der Waals surface area contributed by atoms with E-state index in [1.807, 2.05) is 18.2 Å². The predicted octanol–water partition coefficient (Wildman–Crippen LogP) is 3.05. The maximum absolute atomic E-state index is 4.46. The van der Waals surface area contributed by atoms with Gasteiger partial charge in [-0.25, -0.2) is 9.97 Å². The lowest BCUT2D eigenvalue weighted by atomic mass is 10.00. The molecular formula is C19H19N5. The van der Waals surface area contributed by atoms with Gasteiger partial charge in [-0.1, -0.05) is 24.3 Å². The number of hydrogen-bond acceptors (Lipinski definition) is 5. The molecule has 120 valence electrons. The quantitative estimate of drug-likeness (QED) is 0.801. The highest BCUT2D eigenvalue weighted by atomic mass is 15.2. The van der Waals surface area contributed by atoms with E-state index in [2.05, 4.69) is 49.4 Å². The predicted molar refractivity (Wildman–Crippen MR) is 94.8 cm³/mol. The van der Waals surface area contributed by atoms with E-state index in [9.17, 15) is 0 Å². The molecule has 0 saturated heterocycles. The van der Waals surface area contributed by atoms with Gasteiger partial charge < -0.3 is 10.2 Å². The molecule has 0 saturated carbocycles. The number of nitrogens with one attached hydrogen (secondary N) is 1. The Morgan fingerprint density at radius 2 is 1.83 bits per heavy atom. The van der Waals surface area contributed by atoms with Crippen LogP contribution in [0.15, 0.2) is 61.2 Å². The van der Waals surface area contributed by atoms with Crippen LogP contribution in [0.2, 0.25) is 0 Å². The molecule has 3 aromatic rings. The molecule has 0 atom stereocenters. The van der Waals surface area contributed by atoms with Crippen molar-refractivity contribution in [3.63, 3.8) is 0 Å². The van der Waals surface area contributed by atoms with Crippen molar-refractivity contribution in [3.05, 3.63) is 77.9 Å². The average molecular weight is 317 g/mol. The van der Waals surface area contributed by atoms with Gasteiger partial charge in [-0.2, -0.15) is 0 Å². The van der Waals surface area contributed by atoms with Crippen LogP contribution < -0.4 is 10.2 Å². The van der Waals surface area contributed by atoms with Crippen LogP contribution in [-0.4, -0.2) is 21.5 Å². The number of nitrogens with zero attached hydrogens (tertiary/aromatic N) is 4. The number of fused-ring (bicyclic) bond motifs is 1. The Morgan fingerprint density at radius 3 is 2.71 bits per heavy atom. The number of anilines is 2. The Hall–Kier alpha value is -2.95. The zero-order valence-corrected chi connectivity index (χ0v) is 13.4. The lowest BCUT2D eigenvalue weighted by Crippen LogP contribution is -2.31. The van der Waals surface area contributed by atoms with E-state index < -0.39 is 0 Å². The van der Waals surface area contributed by atoms with Crippen molar-refractivity contribution >= 4 is 11.6 Å². The summed E-state index contributed by atoms with van der Waals surface area (Å²) in [5, 5.41) is 3.35. The summed E-state index contributed by atoms with van der Waals surface area (Å²) in [5.74, 6) is 1.81. The first-order valence-electron chi connectivity index (χ1n) is 8.15. The third-order valence-corrected chi connectivity index (χ3v) is 4.33. The number of hydrogen-bond donors (Lipinski definition) is 1. The van der Waals surface area contributed by atoms with Gasteiger partial charge in [-0.05, 0) is 35.2 Å². The number of pyridine rings is 1. The molecule has 0 unspecified atom stereocenters. The Labute approximate surface area is 141 Å². The van der Waals surface area contributed by atoms with Gasteiger partial charge in [0.25, 0.3) is 0 Å². The summed E-state index contributed by atoms with van der Waals surface area (Å²) in [5.41, 5.74) is 4.00. The molecule has 0 fully saturated rings. The normalized spacial score (nSPS) is 13.4. The number of benzene rings is 1. The highest BCUT2D eigenvalue weighted by molar-refractivity contribution is 5.50. The topological polar surface area (TPSA) is 53.9 Å². The summed E-state index contributed by atoms with van der Waals surface area (Å²) in [6, 6.07) is 14.6. The minimum absolute atomic E-state index is 0.724. The van der Waals surface area contributed by atoms with Crippen LogP contribution in [0.5, 0.6) is 0 Å². The van der Waals surface area contributed by atoms with Crippen LogP contribution in [0.4, 0.5) is 11.6 Å². The van der Waals surface area contributed by atoms with Crippen LogP contribution in [0, 0.1) is 0 Å². The van der Waals surface area contributed by atoms with Crippen LogP contribution in [0.3, 0.4) is 0 Å². The maximum atomic E-state index is 4.46. The van der Waals surface area contributed by atoms with E-state index in [1.54, 1.807) is 18.7 Å². The maximum Gasteiger partial charge on any atom is 0.134 e.